The van der Waals surface area contributed by atoms with Crippen LogP contribution in [0.25, 0.3) is 0 Å². The Hall–Kier alpha value is -1.32. The van der Waals surface area contributed by atoms with E-state index in [9.17, 15) is 9.59 Å². The lowest BCUT2D eigenvalue weighted by Crippen LogP contribution is -2.16. The maximum Gasteiger partial charge on any atom is 0.306 e. The van der Waals surface area contributed by atoms with Crippen LogP contribution in [-0.4, -0.2) is 23.1 Å². The zero-order valence-corrected chi connectivity index (χ0v) is 17.0. The number of hydrogen-bond donors (Lipinski definition) is 1. The number of esters is 1. The van der Waals surface area contributed by atoms with Crippen LogP contribution in [0.4, 0.5) is 0 Å². The van der Waals surface area contributed by atoms with Gasteiger partial charge < -0.3 is 9.84 Å². The van der Waals surface area contributed by atoms with Gasteiger partial charge in [-0.1, -0.05) is 71.3 Å². The van der Waals surface area contributed by atoms with Crippen molar-refractivity contribution in [3.63, 3.8) is 0 Å². The summed E-state index contributed by atoms with van der Waals surface area (Å²) in [6, 6.07) is 0. The predicted octanol–water partition coefficient (Wildman–Crippen LogP) is 6.43. The van der Waals surface area contributed by atoms with Gasteiger partial charge >= 0.3 is 11.9 Å². The van der Waals surface area contributed by atoms with Gasteiger partial charge in [-0.2, -0.15) is 0 Å². The summed E-state index contributed by atoms with van der Waals surface area (Å²) in [5, 5.41) is 8.64. The Bertz CT molecular complexity index is 376. The highest BCUT2D eigenvalue weighted by molar-refractivity contribution is 5.69. The van der Waals surface area contributed by atoms with Gasteiger partial charge in [0, 0.05) is 12.8 Å². The Morgan fingerprint density at radius 2 is 1.46 bits per heavy atom. The van der Waals surface area contributed by atoms with E-state index in [0.717, 1.165) is 57.8 Å². The maximum absolute atomic E-state index is 12.1. The topological polar surface area (TPSA) is 63.6 Å². The molecule has 0 spiro atoms. The molecule has 0 aliphatic rings. The van der Waals surface area contributed by atoms with Crippen molar-refractivity contribution in [2.75, 3.05) is 0 Å². The fourth-order valence-corrected chi connectivity index (χ4v) is 2.86. The minimum atomic E-state index is -0.728. The van der Waals surface area contributed by atoms with Crippen molar-refractivity contribution >= 4 is 11.9 Å². The van der Waals surface area contributed by atoms with E-state index in [1.807, 2.05) is 6.08 Å². The molecule has 0 saturated heterocycles. The second-order valence-corrected chi connectivity index (χ2v) is 7.11. The maximum atomic E-state index is 12.1. The van der Waals surface area contributed by atoms with Gasteiger partial charge in [-0.15, -0.1) is 0 Å². The number of carboxylic acid groups (broad SMARTS) is 1. The molecule has 0 aromatic carbocycles. The Morgan fingerprint density at radius 3 is 2.12 bits per heavy atom. The molecule has 4 nitrogen and oxygen atoms in total. The van der Waals surface area contributed by atoms with E-state index in [-0.39, 0.29) is 18.5 Å². The standard InChI is InChI=1S/C22H40O4/c1-3-5-7-8-9-15-19-22(25)26-20(16-12-6-4-2)17-13-10-11-14-18-21(23)24/h12,16,20H,3-11,13-15,17-19H2,1-2H3,(H,23,24)/b16-12-. The molecule has 1 unspecified atom stereocenters. The van der Waals surface area contributed by atoms with Crippen LogP contribution in [0, 0.1) is 0 Å². The number of carboxylic acids is 1. The molecule has 152 valence electrons. The first-order valence-corrected chi connectivity index (χ1v) is 10.7. The summed E-state index contributed by atoms with van der Waals surface area (Å²) in [6.07, 6.45) is 18.3. The van der Waals surface area contributed by atoms with Gasteiger partial charge in [0.05, 0.1) is 0 Å². The number of unbranched alkanes of at least 4 members (excludes halogenated alkanes) is 9. The lowest BCUT2D eigenvalue weighted by molar-refractivity contribution is -0.147. The van der Waals surface area contributed by atoms with Crippen LogP contribution < -0.4 is 0 Å². The van der Waals surface area contributed by atoms with Crippen LogP contribution >= 0.6 is 0 Å². The number of aliphatic carboxylic acids is 1. The van der Waals surface area contributed by atoms with Gasteiger partial charge in [0.25, 0.3) is 0 Å². The first-order valence-electron chi connectivity index (χ1n) is 10.7. The van der Waals surface area contributed by atoms with Crippen molar-refractivity contribution in [3.05, 3.63) is 12.2 Å². The molecule has 0 aromatic heterocycles. The van der Waals surface area contributed by atoms with E-state index in [2.05, 4.69) is 19.9 Å². The Kier molecular flexibility index (Phi) is 17.5. The smallest absolute Gasteiger partial charge is 0.306 e. The van der Waals surface area contributed by atoms with Gasteiger partial charge in [0.15, 0.2) is 0 Å². The summed E-state index contributed by atoms with van der Waals surface area (Å²) in [4.78, 5) is 22.6. The van der Waals surface area contributed by atoms with E-state index in [0.29, 0.717) is 6.42 Å². The molecule has 0 radical (unpaired) electrons. The minimum absolute atomic E-state index is 0.0856. The normalized spacial score (nSPS) is 12.4. The Balaban J connectivity index is 4.00. The van der Waals surface area contributed by atoms with Crippen LogP contribution in [0.1, 0.15) is 110 Å². The van der Waals surface area contributed by atoms with Crippen molar-refractivity contribution in [1.29, 1.82) is 0 Å². The molecule has 0 amide bonds. The molecular formula is C22H40O4. The molecule has 1 atom stereocenters. The molecule has 0 saturated carbocycles. The van der Waals surface area contributed by atoms with Gasteiger partial charge in [0.1, 0.15) is 6.10 Å². The number of ether oxygens (including phenoxy) is 1. The lowest BCUT2D eigenvalue weighted by Gasteiger charge is -2.14. The largest absolute Gasteiger partial charge is 0.481 e. The monoisotopic (exact) mass is 368 g/mol. The number of carbonyl (C=O) groups is 2. The average Bonchev–Trinajstić information content (AvgIpc) is 2.60. The number of carbonyl (C=O) groups excluding carboxylic acids is 1. The van der Waals surface area contributed by atoms with Crippen molar-refractivity contribution in [3.8, 4) is 0 Å². The second kappa shape index (κ2) is 18.5. The highest BCUT2D eigenvalue weighted by Gasteiger charge is 2.11. The molecule has 0 aliphatic heterocycles. The molecule has 1 N–H and O–H groups in total. The van der Waals surface area contributed by atoms with Crippen LogP contribution in [0.15, 0.2) is 12.2 Å². The van der Waals surface area contributed by atoms with Crippen molar-refractivity contribution in [2.24, 2.45) is 0 Å². The zero-order valence-electron chi connectivity index (χ0n) is 17.0. The third-order valence-corrected chi connectivity index (χ3v) is 4.45. The highest BCUT2D eigenvalue weighted by Crippen LogP contribution is 2.14. The first kappa shape index (κ1) is 24.7. The Labute approximate surface area is 160 Å². The molecule has 0 bridgehead atoms. The molecule has 0 heterocycles. The van der Waals surface area contributed by atoms with E-state index < -0.39 is 5.97 Å². The summed E-state index contributed by atoms with van der Waals surface area (Å²) in [5.74, 6) is -0.813. The summed E-state index contributed by atoms with van der Waals surface area (Å²) in [7, 11) is 0. The van der Waals surface area contributed by atoms with Crippen molar-refractivity contribution < 1.29 is 19.4 Å². The van der Waals surface area contributed by atoms with Gasteiger partial charge in [-0.3, -0.25) is 9.59 Å². The average molecular weight is 369 g/mol. The van der Waals surface area contributed by atoms with Crippen LogP contribution in [0.3, 0.4) is 0 Å². The van der Waals surface area contributed by atoms with Crippen LogP contribution in [-0.2, 0) is 14.3 Å². The summed E-state index contributed by atoms with van der Waals surface area (Å²) in [6.45, 7) is 4.34. The summed E-state index contributed by atoms with van der Waals surface area (Å²) >= 11 is 0. The van der Waals surface area contributed by atoms with Crippen molar-refractivity contribution in [1.82, 2.24) is 0 Å². The predicted molar refractivity (Wildman–Crippen MR) is 107 cm³/mol. The quantitative estimate of drug-likeness (QED) is 0.172. The lowest BCUT2D eigenvalue weighted by atomic mass is 10.1. The fourth-order valence-electron chi connectivity index (χ4n) is 2.86. The molecule has 26 heavy (non-hydrogen) atoms. The third kappa shape index (κ3) is 17.5. The van der Waals surface area contributed by atoms with E-state index >= 15 is 0 Å². The minimum Gasteiger partial charge on any atom is -0.481 e. The molecule has 0 fully saturated rings. The van der Waals surface area contributed by atoms with Gasteiger partial charge in [-0.25, -0.2) is 0 Å². The Morgan fingerprint density at radius 1 is 0.846 bits per heavy atom. The van der Waals surface area contributed by atoms with Gasteiger partial charge in [-0.05, 0) is 38.2 Å². The summed E-state index contributed by atoms with van der Waals surface area (Å²) < 4.78 is 5.65. The SMILES string of the molecule is CCC/C=C\C(CCCCCCC(=O)O)OC(=O)CCCCCCCC. The van der Waals surface area contributed by atoms with E-state index in [4.69, 9.17) is 9.84 Å². The molecule has 4 heteroatoms. The van der Waals surface area contributed by atoms with Gasteiger partial charge in [0.2, 0.25) is 0 Å². The third-order valence-electron chi connectivity index (χ3n) is 4.45. The summed E-state index contributed by atoms with van der Waals surface area (Å²) in [5.41, 5.74) is 0. The highest BCUT2D eigenvalue weighted by atomic mass is 16.5. The van der Waals surface area contributed by atoms with Crippen LogP contribution in [0.2, 0.25) is 0 Å². The number of hydrogen-bond acceptors (Lipinski definition) is 3. The number of allylic oxidation sites excluding steroid dienone is 1. The zero-order chi connectivity index (χ0) is 19.5. The second-order valence-electron chi connectivity index (χ2n) is 7.11. The first-order chi connectivity index (χ1) is 12.6. The van der Waals surface area contributed by atoms with Crippen LogP contribution in [0.5, 0.6) is 0 Å². The van der Waals surface area contributed by atoms with E-state index in [1.165, 1.54) is 25.7 Å². The molecule has 0 rings (SSSR count). The molecular weight excluding hydrogens is 328 g/mol. The molecule has 0 aromatic rings. The number of rotatable bonds is 18. The van der Waals surface area contributed by atoms with E-state index in [1.54, 1.807) is 0 Å². The molecule has 0 aliphatic carbocycles. The fraction of sp³-hybridized carbons (Fsp3) is 0.818. The van der Waals surface area contributed by atoms with Crippen molar-refractivity contribution in [2.45, 2.75) is 116 Å².